The van der Waals surface area contributed by atoms with E-state index in [4.69, 9.17) is 14.2 Å². The van der Waals surface area contributed by atoms with Gasteiger partial charge in [0.15, 0.2) is 0 Å². The number of morpholine rings is 1. The van der Waals surface area contributed by atoms with Gasteiger partial charge in [-0.2, -0.15) is 0 Å². The maximum absolute atomic E-state index is 13.4. The van der Waals surface area contributed by atoms with E-state index in [2.05, 4.69) is 5.16 Å². The summed E-state index contributed by atoms with van der Waals surface area (Å²) in [4.78, 5) is 19.4. The molecule has 1 unspecified atom stereocenters. The topological polar surface area (TPSA) is 68.5 Å². The smallest absolute Gasteiger partial charge is 0.248 e. The molecule has 0 N–H and O–H groups in total. The normalized spacial score (nSPS) is 22.3. The minimum atomic E-state index is -2.63. The Labute approximate surface area is 174 Å². The predicted octanol–water partition coefficient (Wildman–Crippen LogP) is 4.33. The van der Waals surface area contributed by atoms with E-state index >= 15 is 0 Å². The zero-order chi connectivity index (χ0) is 21.3. The highest BCUT2D eigenvalue weighted by Gasteiger charge is 2.39. The van der Waals surface area contributed by atoms with E-state index in [1.54, 1.807) is 4.90 Å². The maximum Gasteiger partial charge on any atom is 0.248 e. The van der Waals surface area contributed by atoms with Crippen LogP contribution in [0.4, 0.5) is 8.78 Å². The number of alkyl halides is 2. The zero-order valence-electron chi connectivity index (χ0n) is 17.4. The van der Waals surface area contributed by atoms with Crippen LogP contribution in [0.2, 0.25) is 0 Å². The van der Waals surface area contributed by atoms with E-state index in [-0.39, 0.29) is 43.6 Å². The van der Waals surface area contributed by atoms with Crippen molar-refractivity contribution in [2.24, 2.45) is 5.92 Å². The Hall–Kier alpha value is -2.35. The monoisotopic (exact) mass is 419 g/mol. The summed E-state index contributed by atoms with van der Waals surface area (Å²) in [6.45, 7) is 5.15. The number of ether oxygens (including phenoxy) is 1. The van der Waals surface area contributed by atoms with Crippen LogP contribution in [0.1, 0.15) is 55.9 Å². The van der Waals surface area contributed by atoms with Crippen molar-refractivity contribution in [2.45, 2.75) is 58.0 Å². The Balaban J connectivity index is 1.49. The average Bonchev–Trinajstić information content (AvgIpc) is 3.14. The summed E-state index contributed by atoms with van der Waals surface area (Å²) in [7, 11) is 0. The van der Waals surface area contributed by atoms with E-state index in [9.17, 15) is 13.6 Å². The van der Waals surface area contributed by atoms with Crippen LogP contribution in [0.3, 0.4) is 0 Å². The number of carbonyl (C=O) groups excluding carboxylic acids is 1. The third-order valence-corrected chi connectivity index (χ3v) is 6.06. The third-order valence-electron chi connectivity index (χ3n) is 6.06. The third kappa shape index (κ3) is 4.24. The first-order valence-electron chi connectivity index (χ1n) is 10.6. The second-order valence-electron chi connectivity index (χ2n) is 8.14. The zero-order valence-corrected chi connectivity index (χ0v) is 17.4. The molecule has 1 saturated carbocycles. The highest BCUT2D eigenvalue weighted by Crippen LogP contribution is 2.37. The summed E-state index contributed by atoms with van der Waals surface area (Å²) < 4.78 is 38.2. The first kappa shape index (κ1) is 20.9. The van der Waals surface area contributed by atoms with Gasteiger partial charge in [-0.25, -0.2) is 13.8 Å². The van der Waals surface area contributed by atoms with Gasteiger partial charge < -0.3 is 14.2 Å². The number of aryl methyl sites for hydroxylation is 2. The van der Waals surface area contributed by atoms with Gasteiger partial charge in [-0.1, -0.05) is 18.1 Å². The van der Waals surface area contributed by atoms with Gasteiger partial charge in [0, 0.05) is 31.7 Å². The Morgan fingerprint density at radius 2 is 2.07 bits per heavy atom. The molecule has 2 fully saturated rings. The van der Waals surface area contributed by atoms with Crippen molar-refractivity contribution in [1.29, 1.82) is 0 Å². The van der Waals surface area contributed by atoms with Gasteiger partial charge in [0.1, 0.15) is 11.9 Å². The number of aromatic nitrogens is 2. The first-order valence-corrected chi connectivity index (χ1v) is 10.6. The minimum absolute atomic E-state index is 0.0434. The second-order valence-corrected chi connectivity index (χ2v) is 8.14. The number of rotatable bonds is 4. The molecule has 0 radical (unpaired) electrons. The molecule has 2 aromatic heterocycles. The van der Waals surface area contributed by atoms with Crippen LogP contribution in [-0.4, -0.2) is 46.6 Å². The summed E-state index contributed by atoms with van der Waals surface area (Å²) in [5.41, 5.74) is 3.19. The second kappa shape index (κ2) is 8.41. The van der Waals surface area contributed by atoms with Crippen molar-refractivity contribution in [3.63, 3.8) is 0 Å². The molecular formula is C22H27F2N3O3. The van der Waals surface area contributed by atoms with E-state index in [0.29, 0.717) is 26.1 Å². The number of hydrogen-bond donors (Lipinski definition) is 0. The number of carbonyl (C=O) groups is 1. The molecule has 1 aliphatic carbocycles. The largest absolute Gasteiger partial charge is 0.368 e. The fourth-order valence-electron chi connectivity index (χ4n) is 4.33. The lowest BCUT2D eigenvalue weighted by Crippen LogP contribution is -2.46. The van der Waals surface area contributed by atoms with Crippen molar-refractivity contribution in [1.82, 2.24) is 15.0 Å². The summed E-state index contributed by atoms with van der Waals surface area (Å²) in [5.74, 6) is -2.22. The number of hydrogen-bond acceptors (Lipinski definition) is 5. The molecule has 0 bridgehead atoms. The molecule has 30 heavy (non-hydrogen) atoms. The Bertz CT molecular complexity index is 905. The van der Waals surface area contributed by atoms with Crippen molar-refractivity contribution in [3.05, 3.63) is 35.3 Å². The molecular weight excluding hydrogens is 392 g/mol. The lowest BCUT2D eigenvalue weighted by atomic mass is 9.85. The van der Waals surface area contributed by atoms with Gasteiger partial charge in [-0.05, 0) is 31.9 Å². The van der Waals surface area contributed by atoms with E-state index in [1.165, 1.54) is 0 Å². The molecule has 1 saturated heterocycles. The standard InChI is InChI=1S/C22H27F2N3O3/c1-3-18-20(14(2)26-30-18)17-6-4-5-16(25-17)19-13-27(11-12-29-19)21(28)15-7-9-22(23,24)10-8-15/h4-6,15,19H,3,7-13H2,1-2H3. The molecule has 0 aromatic carbocycles. The molecule has 2 aliphatic rings. The molecule has 4 rings (SSSR count). The van der Waals surface area contributed by atoms with Crippen molar-refractivity contribution in [3.8, 4) is 11.3 Å². The fraction of sp³-hybridized carbons (Fsp3) is 0.591. The lowest BCUT2D eigenvalue weighted by molar-refractivity contribution is -0.147. The van der Waals surface area contributed by atoms with Crippen molar-refractivity contribution < 1.29 is 22.8 Å². The molecule has 3 heterocycles. The van der Waals surface area contributed by atoms with E-state index < -0.39 is 5.92 Å². The van der Waals surface area contributed by atoms with Crippen LogP contribution >= 0.6 is 0 Å². The van der Waals surface area contributed by atoms with Gasteiger partial charge in [-0.3, -0.25) is 4.79 Å². The highest BCUT2D eigenvalue weighted by atomic mass is 19.3. The van der Waals surface area contributed by atoms with Crippen LogP contribution in [0.5, 0.6) is 0 Å². The Morgan fingerprint density at radius 3 is 2.80 bits per heavy atom. The molecule has 1 amide bonds. The molecule has 8 heteroatoms. The number of nitrogens with zero attached hydrogens (tertiary/aromatic N) is 3. The van der Waals surface area contributed by atoms with E-state index in [0.717, 1.165) is 28.4 Å². The molecule has 162 valence electrons. The van der Waals surface area contributed by atoms with Crippen LogP contribution < -0.4 is 0 Å². The quantitative estimate of drug-likeness (QED) is 0.738. The summed E-state index contributed by atoms with van der Waals surface area (Å²) in [5, 5.41) is 4.05. The van der Waals surface area contributed by atoms with Crippen LogP contribution in [-0.2, 0) is 16.0 Å². The highest BCUT2D eigenvalue weighted by molar-refractivity contribution is 5.79. The van der Waals surface area contributed by atoms with Crippen molar-refractivity contribution >= 4 is 5.91 Å². The Kier molecular flexibility index (Phi) is 5.86. The molecule has 0 spiro atoms. The maximum atomic E-state index is 13.4. The molecule has 1 aliphatic heterocycles. The Morgan fingerprint density at radius 1 is 1.30 bits per heavy atom. The predicted molar refractivity (Wildman–Crippen MR) is 106 cm³/mol. The van der Waals surface area contributed by atoms with Crippen molar-refractivity contribution in [2.75, 3.05) is 19.7 Å². The van der Waals surface area contributed by atoms with Gasteiger partial charge in [0.25, 0.3) is 0 Å². The number of halogens is 2. The average molecular weight is 419 g/mol. The number of pyridine rings is 1. The van der Waals surface area contributed by atoms with Gasteiger partial charge >= 0.3 is 0 Å². The van der Waals surface area contributed by atoms with E-state index in [1.807, 2.05) is 32.0 Å². The summed E-state index contributed by atoms with van der Waals surface area (Å²) >= 11 is 0. The lowest BCUT2D eigenvalue weighted by Gasteiger charge is -2.36. The summed E-state index contributed by atoms with van der Waals surface area (Å²) in [6, 6.07) is 5.71. The summed E-state index contributed by atoms with van der Waals surface area (Å²) in [6.07, 6.45) is 0.433. The number of amides is 1. The first-order chi connectivity index (χ1) is 14.4. The molecule has 6 nitrogen and oxygen atoms in total. The van der Waals surface area contributed by atoms with Gasteiger partial charge in [-0.15, -0.1) is 0 Å². The SMILES string of the molecule is CCc1onc(C)c1-c1cccc(C2CN(C(=O)C3CCC(F)(F)CC3)CCO2)n1. The van der Waals surface area contributed by atoms with Crippen LogP contribution in [0.15, 0.2) is 22.7 Å². The van der Waals surface area contributed by atoms with Crippen LogP contribution in [0.25, 0.3) is 11.3 Å². The van der Waals surface area contributed by atoms with Gasteiger partial charge in [0.05, 0.1) is 35.8 Å². The fourth-order valence-corrected chi connectivity index (χ4v) is 4.33. The molecule has 2 aromatic rings. The van der Waals surface area contributed by atoms with Crippen LogP contribution in [0, 0.1) is 12.8 Å². The van der Waals surface area contributed by atoms with Gasteiger partial charge in [0.2, 0.25) is 11.8 Å². The minimum Gasteiger partial charge on any atom is -0.368 e. The molecule has 1 atom stereocenters.